The highest BCUT2D eigenvalue weighted by molar-refractivity contribution is 5.95. The quantitative estimate of drug-likeness (QED) is 0.608. The Morgan fingerprint density at radius 2 is 2.12 bits per heavy atom. The molecule has 0 radical (unpaired) electrons. The highest BCUT2D eigenvalue weighted by Crippen LogP contribution is 2.31. The molecule has 2 atom stereocenters. The number of hydrogen-bond donors (Lipinski definition) is 0. The maximum absolute atomic E-state index is 12.4. The molecule has 1 aromatic rings. The van der Waals surface area contributed by atoms with Gasteiger partial charge in [0.15, 0.2) is 0 Å². The van der Waals surface area contributed by atoms with E-state index in [0.29, 0.717) is 18.2 Å². The van der Waals surface area contributed by atoms with Gasteiger partial charge in [-0.15, -0.1) is 0 Å². The smallest absolute Gasteiger partial charge is 0.414 e. The van der Waals surface area contributed by atoms with E-state index >= 15 is 0 Å². The van der Waals surface area contributed by atoms with Gasteiger partial charge in [0.1, 0.15) is 6.61 Å². The third-order valence-corrected chi connectivity index (χ3v) is 4.39. The number of allylic oxidation sites excluding steroid dienone is 4. The second kappa shape index (κ2) is 7.83. The first-order chi connectivity index (χ1) is 12.2. The molecule has 2 unspecified atom stereocenters. The molecule has 0 N–H and O–H groups in total. The van der Waals surface area contributed by atoms with Gasteiger partial charge in [0.05, 0.1) is 18.8 Å². The Morgan fingerprint density at radius 3 is 2.80 bits per heavy atom. The number of amides is 1. The Labute approximate surface area is 147 Å². The lowest BCUT2D eigenvalue weighted by molar-refractivity contribution is -0.134. The molecular formula is C20H21NO4. The van der Waals surface area contributed by atoms with Crippen LogP contribution in [0.15, 0.2) is 60.7 Å². The Bertz CT molecular complexity index is 720. The fraction of sp³-hybridized carbons (Fsp3) is 0.300. The van der Waals surface area contributed by atoms with Gasteiger partial charge in [-0.25, -0.2) is 9.59 Å². The molecule has 1 aliphatic heterocycles. The molecule has 0 spiro atoms. The molecule has 130 valence electrons. The third-order valence-electron chi connectivity index (χ3n) is 4.39. The molecule has 5 nitrogen and oxygen atoms in total. The molecule has 25 heavy (non-hydrogen) atoms. The maximum Gasteiger partial charge on any atom is 0.414 e. The summed E-state index contributed by atoms with van der Waals surface area (Å²) in [5, 5.41) is 0. The van der Waals surface area contributed by atoms with E-state index in [4.69, 9.17) is 9.47 Å². The average Bonchev–Trinajstić information content (AvgIpc) is 3.01. The number of hydrogen-bond acceptors (Lipinski definition) is 4. The molecule has 1 saturated heterocycles. The average molecular weight is 339 g/mol. The summed E-state index contributed by atoms with van der Waals surface area (Å²) in [5.41, 5.74) is 1.28. The fourth-order valence-corrected chi connectivity index (χ4v) is 3.16. The molecule has 1 amide bonds. The molecule has 0 saturated carbocycles. The topological polar surface area (TPSA) is 55.8 Å². The van der Waals surface area contributed by atoms with Gasteiger partial charge in [-0.2, -0.15) is 0 Å². The van der Waals surface area contributed by atoms with Crippen molar-refractivity contribution < 1.29 is 19.1 Å². The van der Waals surface area contributed by atoms with Crippen LogP contribution < -0.4 is 0 Å². The number of nitrogens with zero attached hydrogens (tertiary/aromatic N) is 1. The number of carbonyl (C=O) groups is 2. The Hall–Kier alpha value is -2.82. The van der Waals surface area contributed by atoms with Crippen molar-refractivity contribution in [3.63, 3.8) is 0 Å². The van der Waals surface area contributed by atoms with Crippen molar-refractivity contribution in [3.8, 4) is 0 Å². The third kappa shape index (κ3) is 3.99. The second-order valence-corrected chi connectivity index (χ2v) is 6.06. The minimum absolute atomic E-state index is 0.121. The van der Waals surface area contributed by atoms with Crippen molar-refractivity contribution in [2.45, 2.75) is 18.9 Å². The molecule has 3 rings (SSSR count). The number of cyclic esters (lactones) is 1. The van der Waals surface area contributed by atoms with Crippen LogP contribution in [0.3, 0.4) is 0 Å². The van der Waals surface area contributed by atoms with Gasteiger partial charge in [-0.3, -0.25) is 4.90 Å². The predicted molar refractivity (Wildman–Crippen MR) is 94.4 cm³/mol. The van der Waals surface area contributed by atoms with Gasteiger partial charge in [-0.1, -0.05) is 54.6 Å². The van der Waals surface area contributed by atoms with E-state index in [1.807, 2.05) is 42.5 Å². The zero-order valence-electron chi connectivity index (χ0n) is 14.1. The van der Waals surface area contributed by atoms with Crippen LogP contribution in [0.5, 0.6) is 0 Å². The molecule has 0 bridgehead atoms. The van der Waals surface area contributed by atoms with Crippen LogP contribution in [-0.4, -0.2) is 36.7 Å². The van der Waals surface area contributed by atoms with Crippen LogP contribution in [-0.2, 0) is 14.3 Å². The second-order valence-electron chi connectivity index (χ2n) is 6.06. The van der Waals surface area contributed by atoms with Crippen LogP contribution in [0, 0.1) is 5.92 Å². The standard InChI is InChI=1S/C20H21NO4/c1-24-19(22)13-18(16-10-6-3-7-11-16)21-17(14-25-20(21)23)12-15-8-4-2-5-9-15/h2-8,10-11,13,15,17H,9,12,14H2,1H3. The van der Waals surface area contributed by atoms with E-state index < -0.39 is 12.1 Å². The summed E-state index contributed by atoms with van der Waals surface area (Å²) >= 11 is 0. The Balaban J connectivity index is 1.90. The van der Waals surface area contributed by atoms with E-state index in [1.54, 1.807) is 4.90 Å². The number of ether oxygens (including phenoxy) is 2. The predicted octanol–water partition coefficient (Wildman–Crippen LogP) is 3.54. The van der Waals surface area contributed by atoms with Gasteiger partial charge in [-0.05, 0) is 24.3 Å². The normalized spacial score (nSPS) is 22.8. The van der Waals surface area contributed by atoms with Crippen LogP contribution >= 0.6 is 0 Å². The summed E-state index contributed by atoms with van der Waals surface area (Å²) in [4.78, 5) is 25.8. The molecule has 0 aromatic heterocycles. The summed E-state index contributed by atoms with van der Waals surface area (Å²) in [7, 11) is 1.32. The molecule has 1 fully saturated rings. The van der Waals surface area contributed by atoms with Crippen LogP contribution in [0.2, 0.25) is 0 Å². The molecular weight excluding hydrogens is 318 g/mol. The van der Waals surface area contributed by atoms with Crippen LogP contribution in [0.4, 0.5) is 4.79 Å². The van der Waals surface area contributed by atoms with E-state index in [0.717, 1.165) is 18.4 Å². The number of carbonyl (C=O) groups excluding carboxylic acids is 2. The minimum Gasteiger partial charge on any atom is -0.466 e. The van der Waals surface area contributed by atoms with Crippen LogP contribution in [0.1, 0.15) is 18.4 Å². The number of benzene rings is 1. The van der Waals surface area contributed by atoms with Gasteiger partial charge >= 0.3 is 12.1 Å². The first kappa shape index (κ1) is 17.0. The summed E-state index contributed by atoms with van der Waals surface area (Å²) in [6.07, 6.45) is 11.0. The molecule has 1 heterocycles. The van der Waals surface area contributed by atoms with Crippen molar-refractivity contribution in [1.82, 2.24) is 4.90 Å². The molecule has 5 heteroatoms. The van der Waals surface area contributed by atoms with Crippen molar-refractivity contribution in [2.75, 3.05) is 13.7 Å². The minimum atomic E-state index is -0.502. The summed E-state index contributed by atoms with van der Waals surface area (Å²) < 4.78 is 10.1. The first-order valence-corrected chi connectivity index (χ1v) is 8.33. The number of methoxy groups -OCH3 is 1. The number of rotatable bonds is 5. The molecule has 2 aliphatic rings. The Kier molecular flexibility index (Phi) is 5.33. The zero-order valence-corrected chi connectivity index (χ0v) is 14.1. The summed E-state index contributed by atoms with van der Waals surface area (Å²) in [6.45, 7) is 0.318. The highest BCUT2D eigenvalue weighted by Gasteiger charge is 2.37. The lowest BCUT2D eigenvalue weighted by Crippen LogP contribution is -2.34. The van der Waals surface area contributed by atoms with E-state index in [1.165, 1.54) is 13.2 Å². The van der Waals surface area contributed by atoms with E-state index in [9.17, 15) is 9.59 Å². The maximum atomic E-state index is 12.4. The fourth-order valence-electron chi connectivity index (χ4n) is 3.16. The van der Waals surface area contributed by atoms with Crippen molar-refractivity contribution in [2.24, 2.45) is 5.92 Å². The summed E-state index contributed by atoms with van der Waals surface area (Å²) in [5.74, 6) is -0.153. The van der Waals surface area contributed by atoms with Gasteiger partial charge in [0.2, 0.25) is 0 Å². The van der Waals surface area contributed by atoms with Gasteiger partial charge in [0.25, 0.3) is 0 Å². The van der Waals surface area contributed by atoms with E-state index in [2.05, 4.69) is 12.2 Å². The SMILES string of the molecule is COC(=O)C=C(c1ccccc1)N1C(=O)OCC1CC1C=CC=CC1. The lowest BCUT2D eigenvalue weighted by Gasteiger charge is -2.26. The van der Waals surface area contributed by atoms with Crippen LogP contribution in [0.25, 0.3) is 5.70 Å². The highest BCUT2D eigenvalue weighted by atomic mass is 16.6. The lowest BCUT2D eigenvalue weighted by atomic mass is 9.93. The molecule has 1 aromatic carbocycles. The zero-order chi connectivity index (χ0) is 17.6. The first-order valence-electron chi connectivity index (χ1n) is 8.33. The van der Waals surface area contributed by atoms with Crippen molar-refractivity contribution in [1.29, 1.82) is 0 Å². The van der Waals surface area contributed by atoms with Gasteiger partial charge in [0, 0.05) is 6.08 Å². The molecule has 1 aliphatic carbocycles. The number of esters is 1. The largest absolute Gasteiger partial charge is 0.466 e. The van der Waals surface area contributed by atoms with Crippen molar-refractivity contribution >= 4 is 17.8 Å². The van der Waals surface area contributed by atoms with Crippen molar-refractivity contribution in [3.05, 3.63) is 66.3 Å². The monoisotopic (exact) mass is 339 g/mol. The summed E-state index contributed by atoms with van der Waals surface area (Å²) in [6, 6.07) is 9.22. The van der Waals surface area contributed by atoms with E-state index in [-0.39, 0.29) is 6.04 Å². The van der Waals surface area contributed by atoms with Gasteiger partial charge < -0.3 is 9.47 Å². The Morgan fingerprint density at radius 1 is 1.32 bits per heavy atom.